The molecule has 90 valence electrons. The van der Waals surface area contributed by atoms with Crippen molar-refractivity contribution in [2.45, 2.75) is 30.5 Å². The monoisotopic (exact) mass is 264 g/mol. The molecule has 0 aromatic heterocycles. The van der Waals surface area contributed by atoms with E-state index in [0.29, 0.717) is 0 Å². The molecule has 0 aliphatic carbocycles. The molecule has 0 radical (unpaired) electrons. The van der Waals surface area contributed by atoms with Gasteiger partial charge < -0.3 is 40.5 Å². The molecule has 6 N–H and O–H groups in total. The maximum Gasteiger partial charge on any atom is 1.00 e. The van der Waals surface area contributed by atoms with Gasteiger partial charge in [0.05, 0.1) is 12.6 Å². The molecule has 0 amide bonds. The third-order valence-electron chi connectivity index (χ3n) is 1.85. The maximum absolute atomic E-state index is 10.1. The molecule has 0 heterocycles. The topological polar surface area (TPSA) is 162 Å². The van der Waals surface area contributed by atoms with E-state index in [4.69, 9.17) is 30.6 Å². The van der Waals surface area contributed by atoms with Crippen LogP contribution < -0.4 is 56.5 Å². The molecule has 0 aliphatic heterocycles. The molecular formula is C7H13KO8. The minimum atomic E-state index is -2.40. The summed E-state index contributed by atoms with van der Waals surface area (Å²) in [6.45, 7) is -0.896. The molecule has 9 heteroatoms. The smallest absolute Gasteiger partial charge is 0.547 e. The predicted molar refractivity (Wildman–Crippen MR) is 42.1 cm³/mol. The van der Waals surface area contributed by atoms with Gasteiger partial charge in [-0.25, -0.2) is 0 Å². The maximum atomic E-state index is 10.1. The molecule has 5 atom stereocenters. The Hall–Kier alpha value is 0.866. The van der Waals surface area contributed by atoms with Gasteiger partial charge in [-0.1, -0.05) is 0 Å². The zero-order chi connectivity index (χ0) is 12.2. The molecule has 16 heavy (non-hydrogen) atoms. The van der Waals surface area contributed by atoms with E-state index in [1.807, 2.05) is 0 Å². The average molecular weight is 264 g/mol. The van der Waals surface area contributed by atoms with Crippen LogP contribution >= 0.6 is 0 Å². The van der Waals surface area contributed by atoms with Gasteiger partial charge in [-0.3, -0.25) is 0 Å². The molecule has 0 rings (SSSR count). The van der Waals surface area contributed by atoms with E-state index < -0.39 is 43.1 Å². The molecule has 0 saturated heterocycles. The summed E-state index contributed by atoms with van der Waals surface area (Å²) in [6, 6.07) is 0. The number of carbonyl (C=O) groups excluding carboxylic acids is 1. The summed E-state index contributed by atoms with van der Waals surface area (Å²) in [7, 11) is 0. The Morgan fingerprint density at radius 1 is 1.00 bits per heavy atom. The van der Waals surface area contributed by atoms with Crippen molar-refractivity contribution in [2.75, 3.05) is 6.61 Å². The number of aliphatic carboxylic acids is 1. The van der Waals surface area contributed by atoms with Crippen molar-refractivity contribution in [3.63, 3.8) is 0 Å². The van der Waals surface area contributed by atoms with Crippen LogP contribution in [0.2, 0.25) is 0 Å². The first-order chi connectivity index (χ1) is 6.82. The molecule has 0 aromatic rings. The first kappa shape index (κ1) is 19.2. The second kappa shape index (κ2) is 8.88. The van der Waals surface area contributed by atoms with Crippen LogP contribution in [-0.4, -0.2) is 73.7 Å². The van der Waals surface area contributed by atoms with E-state index in [1.54, 1.807) is 0 Å². The van der Waals surface area contributed by atoms with E-state index in [1.165, 1.54) is 0 Å². The van der Waals surface area contributed by atoms with Gasteiger partial charge >= 0.3 is 51.4 Å². The summed E-state index contributed by atoms with van der Waals surface area (Å²) in [6.07, 6.45) is -10.5. The Morgan fingerprint density at radius 3 is 1.75 bits per heavy atom. The van der Waals surface area contributed by atoms with Crippen LogP contribution in [0.4, 0.5) is 0 Å². The minimum absolute atomic E-state index is 0. The van der Waals surface area contributed by atoms with Gasteiger partial charge in [0, 0.05) is 0 Å². The van der Waals surface area contributed by atoms with Crippen molar-refractivity contribution in [3.8, 4) is 0 Å². The molecule has 0 saturated carbocycles. The number of rotatable bonds is 6. The van der Waals surface area contributed by atoms with Crippen LogP contribution in [0.25, 0.3) is 0 Å². The van der Waals surface area contributed by atoms with Gasteiger partial charge in [-0.15, -0.1) is 0 Å². The molecule has 0 bridgehead atoms. The second-order valence-corrected chi connectivity index (χ2v) is 2.99. The number of aliphatic hydroxyl groups excluding tert-OH is 6. The third kappa shape index (κ3) is 5.47. The first-order valence-electron chi connectivity index (χ1n) is 4.05. The number of carboxylic acids is 1. The van der Waals surface area contributed by atoms with Crippen molar-refractivity contribution in [1.82, 2.24) is 0 Å². The quantitative estimate of drug-likeness (QED) is 0.258. The molecular weight excluding hydrogens is 251 g/mol. The largest absolute Gasteiger partial charge is 1.00 e. The summed E-state index contributed by atoms with van der Waals surface area (Å²) in [5.41, 5.74) is 0. The molecule has 0 fully saturated rings. The van der Waals surface area contributed by atoms with Crippen LogP contribution in [0.1, 0.15) is 0 Å². The van der Waals surface area contributed by atoms with E-state index >= 15 is 0 Å². The fourth-order valence-corrected chi connectivity index (χ4v) is 0.864. The van der Waals surface area contributed by atoms with Crippen molar-refractivity contribution in [2.24, 2.45) is 0 Å². The summed E-state index contributed by atoms with van der Waals surface area (Å²) >= 11 is 0. The van der Waals surface area contributed by atoms with E-state index in [9.17, 15) is 9.90 Å². The Bertz CT molecular complexity index is 213. The summed E-state index contributed by atoms with van der Waals surface area (Å²) < 4.78 is 0. The van der Waals surface area contributed by atoms with Crippen LogP contribution in [0.15, 0.2) is 0 Å². The van der Waals surface area contributed by atoms with E-state index in [-0.39, 0.29) is 51.4 Å². The van der Waals surface area contributed by atoms with Crippen LogP contribution in [0.3, 0.4) is 0 Å². The van der Waals surface area contributed by atoms with E-state index in [2.05, 4.69) is 0 Å². The standard InChI is InChI=1S/C7H14O8.K/c8-1-2(9)3(10)4(11)5(12)6(13)7(14)15;/h2-6,8-13H,1H2,(H,14,15);/q;+1/p-1/t2-,3-,4+,5-,6?;/m1./s1. The molecule has 0 aliphatic rings. The van der Waals surface area contributed by atoms with Gasteiger partial charge in [0.25, 0.3) is 0 Å². The first-order valence-corrected chi connectivity index (χ1v) is 4.05. The number of hydrogen-bond acceptors (Lipinski definition) is 8. The number of carboxylic acid groups (broad SMARTS) is 1. The molecule has 0 aromatic carbocycles. The molecule has 1 unspecified atom stereocenters. The fraction of sp³-hybridized carbons (Fsp3) is 0.857. The van der Waals surface area contributed by atoms with Crippen molar-refractivity contribution < 1.29 is 91.9 Å². The average Bonchev–Trinajstić information content (AvgIpc) is 2.23. The van der Waals surface area contributed by atoms with Gasteiger partial charge in [0.2, 0.25) is 0 Å². The van der Waals surface area contributed by atoms with Crippen molar-refractivity contribution in [3.05, 3.63) is 0 Å². The molecule has 8 nitrogen and oxygen atoms in total. The predicted octanol–water partition coefficient (Wildman–Crippen LogP) is -8.46. The minimum Gasteiger partial charge on any atom is -0.547 e. The van der Waals surface area contributed by atoms with Gasteiger partial charge in [0.15, 0.2) is 0 Å². The molecule has 0 spiro atoms. The van der Waals surface area contributed by atoms with Crippen LogP contribution in [-0.2, 0) is 4.79 Å². The van der Waals surface area contributed by atoms with Crippen molar-refractivity contribution >= 4 is 5.97 Å². The number of carbonyl (C=O) groups is 1. The normalized spacial score (nSPS) is 20.1. The number of aliphatic hydroxyl groups is 6. The summed E-state index contributed by atoms with van der Waals surface area (Å²) in [5, 5.41) is 63.2. The van der Waals surface area contributed by atoms with Crippen LogP contribution in [0.5, 0.6) is 0 Å². The van der Waals surface area contributed by atoms with E-state index in [0.717, 1.165) is 0 Å². The van der Waals surface area contributed by atoms with Gasteiger partial charge in [0.1, 0.15) is 30.5 Å². The van der Waals surface area contributed by atoms with Gasteiger partial charge in [-0.2, -0.15) is 0 Å². The van der Waals surface area contributed by atoms with Gasteiger partial charge in [-0.05, 0) is 0 Å². The van der Waals surface area contributed by atoms with Crippen LogP contribution in [0, 0.1) is 0 Å². The summed E-state index contributed by atoms with van der Waals surface area (Å²) in [5.74, 6) is -2.03. The fourth-order valence-electron chi connectivity index (χ4n) is 0.864. The second-order valence-electron chi connectivity index (χ2n) is 2.99. The number of hydrogen-bond donors (Lipinski definition) is 6. The third-order valence-corrected chi connectivity index (χ3v) is 1.85. The summed E-state index contributed by atoms with van der Waals surface area (Å²) in [4.78, 5) is 10.1. The zero-order valence-corrected chi connectivity index (χ0v) is 11.7. The Labute approximate surface area is 134 Å². The Balaban J connectivity index is 0. The SMILES string of the molecule is O=C([O-])C(O)[C@H](O)[C@@H](O)[C@H](O)[C@H](O)CO.[K+]. The Morgan fingerprint density at radius 2 is 1.44 bits per heavy atom. The van der Waals surface area contributed by atoms with Crippen molar-refractivity contribution in [1.29, 1.82) is 0 Å². The zero-order valence-electron chi connectivity index (χ0n) is 8.59. The Kier molecular flexibility index (Phi) is 10.7.